The number of hydrogen-bond donors (Lipinski definition) is 7. The molecule has 1 radical (unpaired) electrons. The second kappa shape index (κ2) is 49.4. The number of benzene rings is 1. The van der Waals surface area contributed by atoms with Crippen LogP contribution in [0.5, 0.6) is 0 Å². The van der Waals surface area contributed by atoms with E-state index in [0.717, 1.165) is 17.7 Å². The molecule has 0 spiro atoms. The third-order valence-corrected chi connectivity index (χ3v) is 8.47. The first-order valence-electron chi connectivity index (χ1n) is 23.2. The molecule has 0 aromatic heterocycles. The van der Waals surface area contributed by atoms with Gasteiger partial charge in [-0.2, -0.15) is 0 Å². The van der Waals surface area contributed by atoms with E-state index in [1.54, 1.807) is 60.8 Å². The molecular weight excluding hydrogens is 1310 g/mol. The summed E-state index contributed by atoms with van der Waals surface area (Å²) < 4.78 is 25.4. The van der Waals surface area contributed by atoms with Crippen LogP contribution in [0.15, 0.2) is 36.4 Å². The molecule has 415 valence electrons. The molecule has 0 bridgehead atoms. The molecule has 0 aliphatic rings. The van der Waals surface area contributed by atoms with Crippen molar-refractivity contribution in [1.29, 1.82) is 0 Å². The SMILES string of the molecule is CCC.CNCCNC(=O)/C=C\C(=O)OC.O=CNc1ccc(COC(=O)I)cc1.[CH2-]C(C)(C)OCC(C)(C)OCCC(=O)NCCCCC(NC(=O)CC(C)OC[N-]C=O)C(=O)NCC(=O)NC(C)C.[W].[Y]. The van der Waals surface area contributed by atoms with Gasteiger partial charge in [0.2, 0.25) is 35.9 Å². The number of unbranched alkanes of at least 4 members (excludes halogenated alkanes) is 1. The number of carbonyl (C=O) groups is 9. The molecule has 2 unspecified atom stereocenters. The smallest absolute Gasteiger partial charge is 0.367 e. The van der Waals surface area contributed by atoms with Crippen LogP contribution in [-0.2, 0) is 122 Å². The van der Waals surface area contributed by atoms with Gasteiger partial charge in [0.15, 0.2) is 0 Å². The summed E-state index contributed by atoms with van der Waals surface area (Å²) in [6.45, 7) is 23.0. The van der Waals surface area contributed by atoms with Crippen LogP contribution in [0, 0.1) is 6.92 Å². The summed E-state index contributed by atoms with van der Waals surface area (Å²) in [5.41, 5.74) is 0.514. The molecule has 7 amide bonds. The van der Waals surface area contributed by atoms with E-state index in [-0.39, 0.29) is 121 Å². The second-order valence-corrected chi connectivity index (χ2v) is 17.7. The Balaban J connectivity index is -0.000000389. The van der Waals surface area contributed by atoms with Gasteiger partial charge in [-0.1, -0.05) is 51.8 Å². The van der Waals surface area contributed by atoms with Gasteiger partial charge >= 0.3 is 9.95 Å². The average Bonchev–Trinajstić information content (AvgIpc) is 3.29. The zero-order valence-corrected chi connectivity index (χ0v) is 52.4. The fourth-order valence-corrected chi connectivity index (χ4v) is 4.97. The number of likely N-dealkylation sites (N-methyl/N-ethyl adjacent to an activating group) is 1. The largest absolute Gasteiger partial charge is 0.634 e. The molecule has 25 heteroatoms. The van der Waals surface area contributed by atoms with E-state index in [2.05, 4.69) is 68.0 Å². The molecule has 1 aromatic rings. The maximum Gasteiger partial charge on any atom is 0.367 e. The van der Waals surface area contributed by atoms with Crippen molar-refractivity contribution in [3.63, 3.8) is 0 Å². The number of anilines is 1. The number of nitrogens with zero attached hydrogens (tertiary/aromatic N) is 1. The molecule has 0 aliphatic carbocycles. The van der Waals surface area contributed by atoms with Gasteiger partial charge in [-0.25, -0.2) is 9.59 Å². The van der Waals surface area contributed by atoms with E-state index in [1.807, 2.05) is 41.5 Å². The monoisotopic (exact) mass is 1390 g/mol. The average molecular weight is 1390 g/mol. The van der Waals surface area contributed by atoms with Crippen molar-refractivity contribution in [1.82, 2.24) is 31.9 Å². The minimum absolute atomic E-state index is 0. The van der Waals surface area contributed by atoms with Crippen molar-refractivity contribution in [2.45, 2.75) is 137 Å². The molecule has 1 aromatic carbocycles. The summed E-state index contributed by atoms with van der Waals surface area (Å²) in [6.07, 6.45) is 5.48. The van der Waals surface area contributed by atoms with Gasteiger partial charge < -0.3 is 77.9 Å². The zero-order valence-electron chi connectivity index (χ0n) is 44.5. The van der Waals surface area contributed by atoms with Crippen molar-refractivity contribution in [3.8, 4) is 0 Å². The number of hydrogen-bond acceptors (Lipinski definition) is 15. The Morgan fingerprint density at radius 1 is 0.836 bits per heavy atom. The van der Waals surface area contributed by atoms with Crippen LogP contribution in [0.3, 0.4) is 0 Å². The Bertz CT molecular complexity index is 1730. The standard InChI is InChI=1S/C28H52N5O8.C9H8INO3.C8H14N2O3.C3H8.W.Y/c1-20(2)32-25(37)16-31-26(38)22(33-24(36)15-21(3)39-19-29-18-34)11-9-10-13-30-23(35)12-14-40-28(7,8)17-41-27(4,5)6;10-9(13)14-5-7-1-3-8(4-2-7)11-6-12;1-9-5-6-10-7(11)3-4-8(12)13-2;1-3-2;;/h18,20-22H,4,9-17,19H2,1-3,5-8H3,(H5,29,30,31,32,33,34,35,36,37,38);1-4,6H,5H2,(H,11,12);3-4,9H,5-6H2,1-2H3,(H,10,11);3H2,1-2H3;;/q-1;;;;;/p-1/b;;4-3-;;;. The van der Waals surface area contributed by atoms with E-state index in [0.29, 0.717) is 64.0 Å². The van der Waals surface area contributed by atoms with Crippen LogP contribution in [-0.4, -0.2) is 142 Å². The van der Waals surface area contributed by atoms with Gasteiger partial charge in [-0.3, -0.25) is 28.8 Å². The molecule has 22 nitrogen and oxygen atoms in total. The van der Waals surface area contributed by atoms with Crippen LogP contribution in [0.1, 0.15) is 106 Å². The third-order valence-electron chi connectivity index (χ3n) is 8.16. The molecule has 7 N–H and O–H groups in total. The molecule has 0 heterocycles. The van der Waals surface area contributed by atoms with Crippen LogP contribution in [0.4, 0.5) is 10.5 Å². The molecule has 1 rings (SSSR count). The quantitative estimate of drug-likeness (QED) is 0.0101. The van der Waals surface area contributed by atoms with Crippen LogP contribution >= 0.6 is 22.6 Å². The number of ether oxygens (including phenoxy) is 5. The van der Waals surface area contributed by atoms with Gasteiger partial charge in [0.1, 0.15) is 12.6 Å². The molecule has 0 saturated heterocycles. The normalized spacial score (nSPS) is 11.2. The third kappa shape index (κ3) is 54.6. The first-order chi connectivity index (χ1) is 33.4. The first-order valence-corrected chi connectivity index (χ1v) is 24.2. The van der Waals surface area contributed by atoms with Crippen molar-refractivity contribution in [2.75, 3.05) is 65.6 Å². The number of halogens is 1. The van der Waals surface area contributed by atoms with E-state index < -0.39 is 41.1 Å². The Kier molecular flexibility index (Phi) is 53.1. The van der Waals surface area contributed by atoms with Crippen molar-refractivity contribution >= 4 is 80.6 Å². The minimum atomic E-state index is -0.877. The Morgan fingerprint density at radius 2 is 1.47 bits per heavy atom. The summed E-state index contributed by atoms with van der Waals surface area (Å²) in [6, 6.07) is 6.10. The number of rotatable bonds is 32. The molecule has 0 fully saturated rings. The van der Waals surface area contributed by atoms with Gasteiger partial charge in [0.05, 0.1) is 67.6 Å². The van der Waals surface area contributed by atoms with Crippen molar-refractivity contribution in [3.05, 3.63) is 54.2 Å². The van der Waals surface area contributed by atoms with Gasteiger partial charge in [-0.15, -0.1) is 0 Å². The summed E-state index contributed by atoms with van der Waals surface area (Å²) in [7, 11) is 3.04. The fraction of sp³-hybridized carbons (Fsp3) is 0.625. The predicted octanol–water partition coefficient (Wildman–Crippen LogP) is 4.28. The number of carbonyl (C=O) groups excluding carboxylic acids is 9. The number of esters is 1. The molecule has 0 aliphatic heterocycles. The number of methoxy groups -OCH3 is 1. The summed E-state index contributed by atoms with van der Waals surface area (Å²) in [5, 5.41) is 22.1. The summed E-state index contributed by atoms with van der Waals surface area (Å²) in [5.74, 6) is -2.25. The van der Waals surface area contributed by atoms with Crippen LogP contribution in [0.2, 0.25) is 0 Å². The molecule has 0 saturated carbocycles. The predicted molar refractivity (Wildman–Crippen MR) is 279 cm³/mol. The second-order valence-electron chi connectivity index (χ2n) is 16.9. The fourth-order valence-electron chi connectivity index (χ4n) is 4.81. The Morgan fingerprint density at radius 3 is 2.00 bits per heavy atom. The molecule has 73 heavy (non-hydrogen) atoms. The molecular formula is C48H81IN8O14WY-2. The maximum atomic E-state index is 12.8. The Hall–Kier alpha value is -3.45. The maximum absolute atomic E-state index is 12.8. The van der Waals surface area contributed by atoms with E-state index in [4.69, 9.17) is 18.9 Å². The van der Waals surface area contributed by atoms with Gasteiger partial charge in [0.25, 0.3) is 0 Å². The van der Waals surface area contributed by atoms with E-state index in [9.17, 15) is 43.2 Å². The minimum Gasteiger partial charge on any atom is -0.634 e. The zero-order chi connectivity index (χ0) is 54.7. The van der Waals surface area contributed by atoms with Crippen molar-refractivity contribution < 1.29 is 121 Å². The van der Waals surface area contributed by atoms with E-state index in [1.165, 1.54) is 13.5 Å². The first kappa shape index (κ1) is 78.4. The van der Waals surface area contributed by atoms with Gasteiger partial charge in [0, 0.05) is 110 Å². The van der Waals surface area contributed by atoms with Gasteiger partial charge in [-0.05, 0) is 85.4 Å². The Labute approximate surface area is 486 Å². The van der Waals surface area contributed by atoms with E-state index >= 15 is 0 Å². The molecule has 2 atom stereocenters. The van der Waals surface area contributed by atoms with Crippen LogP contribution in [0.25, 0.3) is 5.32 Å². The number of nitrogens with one attached hydrogen (secondary N) is 7. The summed E-state index contributed by atoms with van der Waals surface area (Å²) in [4.78, 5) is 102. The van der Waals surface area contributed by atoms with Crippen LogP contribution < -0.4 is 37.2 Å². The summed E-state index contributed by atoms with van der Waals surface area (Å²) >= 11 is 1.57. The topological polar surface area (TPSA) is 298 Å². The van der Waals surface area contributed by atoms with Crippen molar-refractivity contribution in [2.24, 2.45) is 0 Å². The number of amides is 7.